The largest absolute Gasteiger partial charge is 0.321 e. The molecule has 1 aliphatic rings. The highest BCUT2D eigenvalue weighted by Gasteiger charge is 2.17. The van der Waals surface area contributed by atoms with Gasteiger partial charge in [-0.1, -0.05) is 35.9 Å². The SMILES string of the molecule is O=C1Nc2ccccc2SC/C1=C\c1ccc(Cl)cc1. The van der Waals surface area contributed by atoms with Crippen LogP contribution in [-0.4, -0.2) is 11.7 Å². The van der Waals surface area contributed by atoms with E-state index in [4.69, 9.17) is 11.6 Å². The summed E-state index contributed by atoms with van der Waals surface area (Å²) in [4.78, 5) is 13.3. The molecule has 0 saturated carbocycles. The Labute approximate surface area is 126 Å². The lowest BCUT2D eigenvalue weighted by Gasteiger charge is -2.04. The third-order valence-electron chi connectivity index (χ3n) is 3.02. The second-order valence-electron chi connectivity index (χ2n) is 4.46. The van der Waals surface area contributed by atoms with Crippen LogP contribution in [0.15, 0.2) is 59.0 Å². The number of carbonyl (C=O) groups is 1. The molecule has 2 nitrogen and oxygen atoms in total. The lowest BCUT2D eigenvalue weighted by Crippen LogP contribution is -2.13. The Morgan fingerprint density at radius 3 is 2.65 bits per heavy atom. The van der Waals surface area contributed by atoms with E-state index in [-0.39, 0.29) is 5.91 Å². The molecule has 0 atom stereocenters. The summed E-state index contributed by atoms with van der Waals surface area (Å²) in [5.41, 5.74) is 2.61. The first kappa shape index (κ1) is 13.3. The number of fused-ring (bicyclic) bond motifs is 1. The summed E-state index contributed by atoms with van der Waals surface area (Å²) < 4.78 is 0. The number of carbonyl (C=O) groups excluding carboxylic acids is 1. The van der Waals surface area contributed by atoms with Gasteiger partial charge in [0, 0.05) is 21.2 Å². The zero-order chi connectivity index (χ0) is 13.9. The average molecular weight is 302 g/mol. The Hall–Kier alpha value is -1.71. The highest BCUT2D eigenvalue weighted by atomic mass is 35.5. The number of nitrogens with one attached hydrogen (secondary N) is 1. The molecule has 0 aromatic heterocycles. The first-order valence-electron chi connectivity index (χ1n) is 6.22. The van der Waals surface area contributed by atoms with Gasteiger partial charge in [0.15, 0.2) is 0 Å². The van der Waals surface area contributed by atoms with Gasteiger partial charge in [-0.15, -0.1) is 11.8 Å². The van der Waals surface area contributed by atoms with Gasteiger partial charge in [-0.05, 0) is 35.9 Å². The second kappa shape index (κ2) is 5.73. The summed E-state index contributed by atoms with van der Waals surface area (Å²) >= 11 is 7.53. The van der Waals surface area contributed by atoms with Gasteiger partial charge in [0.25, 0.3) is 5.91 Å². The monoisotopic (exact) mass is 301 g/mol. The zero-order valence-electron chi connectivity index (χ0n) is 10.6. The number of benzene rings is 2. The maximum absolute atomic E-state index is 12.2. The zero-order valence-corrected chi connectivity index (χ0v) is 12.2. The molecule has 0 spiro atoms. The molecule has 0 aliphatic carbocycles. The molecule has 1 amide bonds. The third-order valence-corrected chi connectivity index (χ3v) is 4.40. The smallest absolute Gasteiger partial charge is 0.252 e. The number of halogens is 1. The molecule has 1 aliphatic heterocycles. The van der Waals surface area contributed by atoms with E-state index in [1.54, 1.807) is 11.8 Å². The molecule has 2 aromatic rings. The number of anilines is 1. The molecule has 100 valence electrons. The fraction of sp³-hybridized carbons (Fsp3) is 0.0625. The van der Waals surface area contributed by atoms with Gasteiger partial charge < -0.3 is 5.32 Å². The Bertz CT molecular complexity index is 679. The van der Waals surface area contributed by atoms with Crippen molar-refractivity contribution >= 4 is 41.0 Å². The number of amides is 1. The fourth-order valence-corrected chi connectivity index (χ4v) is 3.09. The van der Waals surface area contributed by atoms with E-state index in [9.17, 15) is 4.79 Å². The topological polar surface area (TPSA) is 29.1 Å². The second-order valence-corrected chi connectivity index (χ2v) is 5.91. The van der Waals surface area contributed by atoms with Crippen LogP contribution in [-0.2, 0) is 4.79 Å². The van der Waals surface area contributed by atoms with Crippen LogP contribution in [0.5, 0.6) is 0 Å². The number of thioether (sulfide) groups is 1. The molecule has 1 N–H and O–H groups in total. The lowest BCUT2D eigenvalue weighted by atomic mass is 10.1. The molecule has 0 saturated heterocycles. The summed E-state index contributed by atoms with van der Waals surface area (Å²) in [6.07, 6.45) is 1.91. The Balaban J connectivity index is 1.89. The number of hydrogen-bond acceptors (Lipinski definition) is 2. The van der Waals surface area contributed by atoms with Crippen LogP contribution in [0.4, 0.5) is 5.69 Å². The summed E-state index contributed by atoms with van der Waals surface area (Å²) in [5.74, 6) is 0.614. The van der Waals surface area contributed by atoms with Crippen LogP contribution in [0.25, 0.3) is 6.08 Å². The standard InChI is InChI=1S/C16H12ClNOS/c17-13-7-5-11(6-8-13)9-12-10-20-15-4-2-1-3-14(15)18-16(12)19/h1-9H,10H2,(H,18,19)/b12-9+. The van der Waals surface area contributed by atoms with E-state index >= 15 is 0 Å². The van der Waals surface area contributed by atoms with Crippen LogP contribution >= 0.6 is 23.4 Å². The summed E-state index contributed by atoms with van der Waals surface area (Å²) in [6.45, 7) is 0. The normalized spacial score (nSPS) is 16.4. The lowest BCUT2D eigenvalue weighted by molar-refractivity contribution is -0.112. The van der Waals surface area contributed by atoms with Crippen molar-refractivity contribution in [1.82, 2.24) is 0 Å². The molecule has 0 unspecified atom stereocenters. The predicted molar refractivity (Wildman–Crippen MR) is 85.2 cm³/mol. The van der Waals surface area contributed by atoms with Crippen LogP contribution < -0.4 is 5.32 Å². The van der Waals surface area contributed by atoms with Crippen LogP contribution in [0.1, 0.15) is 5.56 Å². The van der Waals surface area contributed by atoms with E-state index in [1.807, 2.05) is 54.6 Å². The summed E-state index contributed by atoms with van der Waals surface area (Å²) in [6, 6.07) is 15.3. The van der Waals surface area contributed by atoms with Gasteiger partial charge in [-0.25, -0.2) is 0 Å². The molecular formula is C16H12ClNOS. The fourth-order valence-electron chi connectivity index (χ4n) is 1.99. The first-order valence-corrected chi connectivity index (χ1v) is 7.58. The number of rotatable bonds is 1. The van der Waals surface area contributed by atoms with Gasteiger partial charge in [0.2, 0.25) is 0 Å². The van der Waals surface area contributed by atoms with Crippen LogP contribution in [0.3, 0.4) is 0 Å². The minimum atomic E-state index is -0.0441. The van der Waals surface area contributed by atoms with Gasteiger partial charge in [0.05, 0.1) is 5.69 Å². The highest BCUT2D eigenvalue weighted by molar-refractivity contribution is 7.99. The van der Waals surface area contributed by atoms with E-state index in [0.29, 0.717) is 10.8 Å². The van der Waals surface area contributed by atoms with E-state index in [2.05, 4.69) is 5.32 Å². The molecule has 3 rings (SSSR count). The summed E-state index contributed by atoms with van der Waals surface area (Å²) in [5, 5.41) is 3.64. The number of para-hydroxylation sites is 1. The molecular weight excluding hydrogens is 290 g/mol. The molecule has 20 heavy (non-hydrogen) atoms. The molecule has 0 radical (unpaired) electrons. The maximum Gasteiger partial charge on any atom is 0.252 e. The van der Waals surface area contributed by atoms with E-state index in [1.165, 1.54) is 0 Å². The quantitative estimate of drug-likeness (QED) is 0.788. The Morgan fingerprint density at radius 2 is 1.85 bits per heavy atom. The van der Waals surface area contributed by atoms with Crippen molar-refractivity contribution in [2.45, 2.75) is 4.90 Å². The molecule has 1 heterocycles. The average Bonchev–Trinajstić information content (AvgIpc) is 2.61. The highest BCUT2D eigenvalue weighted by Crippen LogP contribution is 2.32. The number of hydrogen-bond donors (Lipinski definition) is 1. The van der Waals surface area contributed by atoms with Crippen molar-refractivity contribution < 1.29 is 4.79 Å². The van der Waals surface area contributed by atoms with Crippen molar-refractivity contribution in [2.75, 3.05) is 11.1 Å². The van der Waals surface area contributed by atoms with Crippen molar-refractivity contribution in [3.63, 3.8) is 0 Å². The van der Waals surface area contributed by atoms with Crippen molar-refractivity contribution in [3.05, 3.63) is 64.7 Å². The van der Waals surface area contributed by atoms with Gasteiger partial charge in [0.1, 0.15) is 0 Å². The summed E-state index contributed by atoms with van der Waals surface area (Å²) in [7, 11) is 0. The minimum Gasteiger partial charge on any atom is -0.321 e. The molecule has 2 aromatic carbocycles. The predicted octanol–water partition coefficient (Wildman–Crippen LogP) is 4.47. The van der Waals surface area contributed by atoms with E-state index in [0.717, 1.165) is 21.7 Å². The van der Waals surface area contributed by atoms with Gasteiger partial charge >= 0.3 is 0 Å². The Kier molecular flexibility index (Phi) is 3.81. The van der Waals surface area contributed by atoms with Crippen molar-refractivity contribution in [3.8, 4) is 0 Å². The Morgan fingerprint density at radius 1 is 1.10 bits per heavy atom. The minimum absolute atomic E-state index is 0.0441. The van der Waals surface area contributed by atoms with Crippen LogP contribution in [0.2, 0.25) is 5.02 Å². The maximum atomic E-state index is 12.2. The van der Waals surface area contributed by atoms with Crippen molar-refractivity contribution in [1.29, 1.82) is 0 Å². The van der Waals surface area contributed by atoms with E-state index < -0.39 is 0 Å². The third kappa shape index (κ3) is 2.89. The van der Waals surface area contributed by atoms with Crippen molar-refractivity contribution in [2.24, 2.45) is 0 Å². The van der Waals surface area contributed by atoms with Crippen LogP contribution in [0, 0.1) is 0 Å². The molecule has 0 bridgehead atoms. The molecule has 4 heteroatoms. The van der Waals surface area contributed by atoms with Gasteiger partial charge in [-0.2, -0.15) is 0 Å². The molecule has 0 fully saturated rings. The first-order chi connectivity index (χ1) is 9.72. The van der Waals surface area contributed by atoms with Gasteiger partial charge in [-0.3, -0.25) is 4.79 Å².